The number of likely N-dealkylation sites (N-methyl/N-ethyl adjacent to an activating group) is 1. The number of carbonyl (C=O) groups is 1. The Bertz CT molecular complexity index is 758. The third-order valence-corrected chi connectivity index (χ3v) is 4.77. The SMILES string of the molecule is CN(C)C(=O)CN=C(NCCc1ccco1)NC1CCN(c2ccccc2)C1. The molecule has 28 heavy (non-hydrogen) atoms. The number of hydrogen-bond acceptors (Lipinski definition) is 4. The van der Waals surface area contributed by atoms with Gasteiger partial charge in [0.15, 0.2) is 5.96 Å². The van der Waals surface area contributed by atoms with Crippen molar-refractivity contribution in [3.63, 3.8) is 0 Å². The molecule has 7 nitrogen and oxygen atoms in total. The van der Waals surface area contributed by atoms with Crippen LogP contribution in [0.15, 0.2) is 58.1 Å². The molecular weight excluding hydrogens is 354 g/mol. The van der Waals surface area contributed by atoms with Crippen LogP contribution in [0.2, 0.25) is 0 Å². The molecule has 0 aliphatic carbocycles. The minimum atomic E-state index is -0.0236. The fourth-order valence-electron chi connectivity index (χ4n) is 3.14. The van der Waals surface area contributed by atoms with Crippen molar-refractivity contribution >= 4 is 17.6 Å². The summed E-state index contributed by atoms with van der Waals surface area (Å²) in [5.41, 5.74) is 1.24. The first kappa shape index (κ1) is 19.8. The third kappa shape index (κ3) is 5.77. The Kier molecular flexibility index (Phi) is 6.94. The second-order valence-electron chi connectivity index (χ2n) is 7.12. The Morgan fingerprint density at radius 3 is 2.79 bits per heavy atom. The molecular formula is C21H29N5O2. The summed E-state index contributed by atoms with van der Waals surface area (Å²) in [5.74, 6) is 1.57. The van der Waals surface area contributed by atoms with Crippen molar-refractivity contribution in [1.29, 1.82) is 0 Å². The predicted molar refractivity (Wildman–Crippen MR) is 112 cm³/mol. The van der Waals surface area contributed by atoms with E-state index >= 15 is 0 Å². The topological polar surface area (TPSA) is 73.1 Å². The molecule has 2 N–H and O–H groups in total. The van der Waals surface area contributed by atoms with Gasteiger partial charge in [0.1, 0.15) is 12.3 Å². The van der Waals surface area contributed by atoms with Crippen molar-refractivity contribution in [1.82, 2.24) is 15.5 Å². The van der Waals surface area contributed by atoms with Crippen LogP contribution in [0.25, 0.3) is 0 Å². The highest BCUT2D eigenvalue weighted by Crippen LogP contribution is 2.19. The minimum Gasteiger partial charge on any atom is -0.469 e. The number of nitrogens with one attached hydrogen (secondary N) is 2. The summed E-state index contributed by atoms with van der Waals surface area (Å²) in [6, 6.07) is 14.5. The molecule has 150 valence electrons. The number of nitrogens with zero attached hydrogens (tertiary/aromatic N) is 3. The van der Waals surface area contributed by atoms with Gasteiger partial charge in [0.05, 0.1) is 6.26 Å². The van der Waals surface area contributed by atoms with E-state index in [1.165, 1.54) is 5.69 Å². The van der Waals surface area contributed by atoms with Crippen molar-refractivity contribution < 1.29 is 9.21 Å². The number of guanidine groups is 1. The van der Waals surface area contributed by atoms with Crippen LogP contribution in [-0.2, 0) is 11.2 Å². The lowest BCUT2D eigenvalue weighted by atomic mass is 10.2. The van der Waals surface area contributed by atoms with E-state index in [2.05, 4.69) is 44.8 Å². The Morgan fingerprint density at radius 2 is 2.07 bits per heavy atom. The van der Waals surface area contributed by atoms with E-state index < -0.39 is 0 Å². The van der Waals surface area contributed by atoms with Crippen LogP contribution in [0.3, 0.4) is 0 Å². The molecule has 2 aromatic rings. The van der Waals surface area contributed by atoms with E-state index in [4.69, 9.17) is 4.42 Å². The highest BCUT2D eigenvalue weighted by Gasteiger charge is 2.23. The van der Waals surface area contributed by atoms with Crippen LogP contribution < -0.4 is 15.5 Å². The van der Waals surface area contributed by atoms with Gasteiger partial charge in [-0.3, -0.25) is 4.79 Å². The maximum atomic E-state index is 11.9. The summed E-state index contributed by atoms with van der Waals surface area (Å²) in [6.07, 6.45) is 3.46. The van der Waals surface area contributed by atoms with Crippen molar-refractivity contribution in [3.05, 3.63) is 54.5 Å². The molecule has 1 aromatic heterocycles. The van der Waals surface area contributed by atoms with Crippen LogP contribution >= 0.6 is 0 Å². The minimum absolute atomic E-state index is 0.0236. The highest BCUT2D eigenvalue weighted by molar-refractivity contribution is 5.85. The molecule has 0 saturated carbocycles. The van der Waals surface area contributed by atoms with E-state index in [0.717, 1.165) is 31.7 Å². The predicted octanol–water partition coefficient (Wildman–Crippen LogP) is 1.72. The molecule has 1 aromatic carbocycles. The lowest BCUT2D eigenvalue weighted by Crippen LogP contribution is -2.45. The molecule has 3 rings (SSSR count). The number of amides is 1. The molecule has 1 aliphatic rings. The number of hydrogen-bond donors (Lipinski definition) is 2. The van der Waals surface area contributed by atoms with Gasteiger partial charge in [0.25, 0.3) is 0 Å². The van der Waals surface area contributed by atoms with Gasteiger partial charge >= 0.3 is 0 Å². The summed E-state index contributed by atoms with van der Waals surface area (Å²) >= 11 is 0. The number of rotatable bonds is 7. The van der Waals surface area contributed by atoms with Crippen molar-refractivity contribution in [2.75, 3.05) is 45.2 Å². The van der Waals surface area contributed by atoms with Gasteiger partial charge < -0.3 is 24.9 Å². The standard InChI is InChI=1S/C21H29N5O2/c1-25(2)20(27)15-23-21(22-12-10-19-9-6-14-28-19)24-17-11-13-26(16-17)18-7-4-3-5-8-18/h3-9,14,17H,10-13,15-16H2,1-2H3,(H2,22,23,24). The maximum Gasteiger partial charge on any atom is 0.243 e. The molecule has 0 spiro atoms. The highest BCUT2D eigenvalue weighted by atomic mass is 16.3. The lowest BCUT2D eigenvalue weighted by molar-refractivity contribution is -0.127. The van der Waals surface area contributed by atoms with Gasteiger partial charge in [-0.1, -0.05) is 18.2 Å². The molecule has 1 atom stereocenters. The molecule has 1 aliphatic heterocycles. The van der Waals surface area contributed by atoms with Gasteiger partial charge in [-0.2, -0.15) is 0 Å². The number of benzene rings is 1. The van der Waals surface area contributed by atoms with E-state index in [1.807, 2.05) is 18.2 Å². The second-order valence-corrected chi connectivity index (χ2v) is 7.12. The number of aliphatic imine (C=N–C) groups is 1. The number of para-hydroxylation sites is 1. The normalized spacial score (nSPS) is 16.9. The van der Waals surface area contributed by atoms with Crippen LogP contribution in [0, 0.1) is 0 Å². The lowest BCUT2D eigenvalue weighted by Gasteiger charge is -2.20. The first-order valence-corrected chi connectivity index (χ1v) is 9.69. The smallest absolute Gasteiger partial charge is 0.243 e. The Balaban J connectivity index is 1.56. The quantitative estimate of drug-likeness (QED) is 0.563. The Morgan fingerprint density at radius 1 is 1.25 bits per heavy atom. The zero-order chi connectivity index (χ0) is 19.8. The summed E-state index contributed by atoms with van der Waals surface area (Å²) in [4.78, 5) is 20.3. The second kappa shape index (κ2) is 9.82. The zero-order valence-corrected chi connectivity index (χ0v) is 16.6. The summed E-state index contributed by atoms with van der Waals surface area (Å²) < 4.78 is 5.37. The fraction of sp³-hybridized carbons (Fsp3) is 0.429. The van der Waals surface area contributed by atoms with E-state index in [9.17, 15) is 4.79 Å². The van der Waals surface area contributed by atoms with Crippen LogP contribution in [0.4, 0.5) is 5.69 Å². The van der Waals surface area contributed by atoms with E-state index in [0.29, 0.717) is 12.5 Å². The molecule has 0 bridgehead atoms. The average molecular weight is 383 g/mol. The molecule has 1 amide bonds. The first-order valence-electron chi connectivity index (χ1n) is 9.69. The molecule has 1 saturated heterocycles. The first-order chi connectivity index (χ1) is 13.6. The molecule has 1 unspecified atom stereocenters. The molecule has 0 radical (unpaired) electrons. The van der Waals surface area contributed by atoms with Crippen molar-refractivity contribution in [3.8, 4) is 0 Å². The van der Waals surface area contributed by atoms with Gasteiger partial charge in [-0.25, -0.2) is 4.99 Å². The number of furan rings is 1. The van der Waals surface area contributed by atoms with Crippen molar-refractivity contribution in [2.45, 2.75) is 18.9 Å². The summed E-state index contributed by atoms with van der Waals surface area (Å²) in [6.45, 7) is 2.71. The maximum absolute atomic E-state index is 11.9. The van der Waals surface area contributed by atoms with Crippen LogP contribution in [0.5, 0.6) is 0 Å². The van der Waals surface area contributed by atoms with Crippen LogP contribution in [0.1, 0.15) is 12.2 Å². The zero-order valence-electron chi connectivity index (χ0n) is 16.6. The van der Waals surface area contributed by atoms with Gasteiger partial charge in [0, 0.05) is 51.9 Å². The monoisotopic (exact) mass is 383 g/mol. The van der Waals surface area contributed by atoms with Gasteiger partial charge in [-0.15, -0.1) is 0 Å². The largest absolute Gasteiger partial charge is 0.469 e. The third-order valence-electron chi connectivity index (χ3n) is 4.77. The van der Waals surface area contributed by atoms with Crippen molar-refractivity contribution in [2.24, 2.45) is 4.99 Å². The Labute approximate surface area is 166 Å². The van der Waals surface area contributed by atoms with Gasteiger partial charge in [0.2, 0.25) is 5.91 Å². The summed E-state index contributed by atoms with van der Waals surface area (Å²) in [7, 11) is 3.48. The van der Waals surface area contributed by atoms with E-state index in [1.54, 1.807) is 25.3 Å². The Hall–Kier alpha value is -2.96. The molecule has 7 heteroatoms. The fourth-order valence-corrected chi connectivity index (χ4v) is 3.14. The van der Waals surface area contributed by atoms with Crippen LogP contribution in [-0.4, -0.2) is 63.1 Å². The molecule has 1 fully saturated rings. The molecule has 2 heterocycles. The summed E-state index contributed by atoms with van der Waals surface area (Å²) in [5, 5.41) is 6.81. The van der Waals surface area contributed by atoms with E-state index in [-0.39, 0.29) is 18.5 Å². The number of carbonyl (C=O) groups excluding carboxylic acids is 1. The number of anilines is 1. The average Bonchev–Trinajstić information content (AvgIpc) is 3.38. The van der Waals surface area contributed by atoms with Gasteiger partial charge in [-0.05, 0) is 30.7 Å².